The van der Waals surface area contributed by atoms with Crippen LogP contribution >= 0.6 is 0 Å². The number of ether oxygens (including phenoxy) is 2. The minimum Gasteiger partial charge on any atom is -0.485 e. The van der Waals surface area contributed by atoms with Gasteiger partial charge in [0.05, 0.1) is 6.04 Å². The van der Waals surface area contributed by atoms with Gasteiger partial charge in [0, 0.05) is 0 Å². The van der Waals surface area contributed by atoms with Crippen LogP contribution in [0.25, 0.3) is 0 Å². The topological polar surface area (TPSA) is 47.6 Å². The van der Waals surface area contributed by atoms with Crippen molar-refractivity contribution in [3.63, 3.8) is 0 Å². The van der Waals surface area contributed by atoms with E-state index in [0.29, 0.717) is 11.5 Å². The predicted octanol–water partition coefficient (Wildman–Crippen LogP) is 3.19. The monoisotopic (exact) mass is 323 g/mol. The minimum absolute atomic E-state index is 0.0517. The number of nitrogens with one attached hydrogen (secondary N) is 1. The van der Waals surface area contributed by atoms with E-state index < -0.39 is 6.10 Å². The van der Waals surface area contributed by atoms with Crippen molar-refractivity contribution < 1.29 is 14.3 Å². The molecule has 0 saturated heterocycles. The zero-order valence-electron chi connectivity index (χ0n) is 13.7. The van der Waals surface area contributed by atoms with Crippen LogP contribution in [0, 0.1) is 0 Å². The Morgan fingerprint density at radius 1 is 1.12 bits per heavy atom. The Bertz CT molecular complexity index is 771. The average Bonchev–Trinajstić information content (AvgIpc) is 3.08. The van der Waals surface area contributed by atoms with Crippen LogP contribution in [-0.4, -0.2) is 18.6 Å². The van der Waals surface area contributed by atoms with Crippen LogP contribution in [0.2, 0.25) is 0 Å². The zero-order valence-corrected chi connectivity index (χ0v) is 13.7. The maximum atomic E-state index is 12.5. The number of hydrogen-bond acceptors (Lipinski definition) is 3. The second kappa shape index (κ2) is 6.19. The molecule has 124 valence electrons. The summed E-state index contributed by atoms with van der Waals surface area (Å²) in [4.78, 5) is 12.5. The molecule has 1 amide bonds. The number of rotatable bonds is 3. The first kappa shape index (κ1) is 15.1. The number of carbonyl (C=O) groups is 1. The Hall–Kier alpha value is -2.49. The van der Waals surface area contributed by atoms with Gasteiger partial charge in [0.15, 0.2) is 11.5 Å². The molecule has 1 N–H and O–H groups in total. The smallest absolute Gasteiger partial charge is 0.265 e. The van der Waals surface area contributed by atoms with Crippen LogP contribution in [0.1, 0.15) is 36.1 Å². The van der Waals surface area contributed by atoms with E-state index in [-0.39, 0.29) is 18.6 Å². The Kier molecular flexibility index (Phi) is 3.89. The molecule has 2 atom stereocenters. The molecule has 0 aromatic heterocycles. The van der Waals surface area contributed by atoms with Gasteiger partial charge < -0.3 is 14.8 Å². The van der Waals surface area contributed by atoms with Crippen molar-refractivity contribution in [3.05, 3.63) is 59.2 Å². The molecule has 4 rings (SSSR count). The molecule has 4 heteroatoms. The van der Waals surface area contributed by atoms with E-state index in [4.69, 9.17) is 9.47 Å². The molecule has 0 bridgehead atoms. The molecule has 2 aromatic rings. The number of benzene rings is 2. The van der Waals surface area contributed by atoms with Gasteiger partial charge in [0.2, 0.25) is 6.10 Å². The molecule has 1 heterocycles. The first-order chi connectivity index (χ1) is 11.7. The molecule has 1 aliphatic carbocycles. The van der Waals surface area contributed by atoms with Gasteiger partial charge in [-0.1, -0.05) is 30.3 Å². The quantitative estimate of drug-likeness (QED) is 0.943. The van der Waals surface area contributed by atoms with Gasteiger partial charge in [-0.05, 0) is 55.0 Å². The third-order valence-electron chi connectivity index (χ3n) is 4.78. The fourth-order valence-corrected chi connectivity index (χ4v) is 3.40. The van der Waals surface area contributed by atoms with E-state index in [1.54, 1.807) is 0 Å². The molecule has 2 aromatic carbocycles. The van der Waals surface area contributed by atoms with Crippen LogP contribution in [-0.2, 0) is 17.6 Å². The van der Waals surface area contributed by atoms with E-state index in [1.807, 2.05) is 31.2 Å². The molecule has 1 aliphatic heterocycles. The molecule has 0 radical (unpaired) electrons. The second-order valence-electron chi connectivity index (χ2n) is 6.48. The number of aryl methyl sites for hydroxylation is 2. The van der Waals surface area contributed by atoms with Crippen LogP contribution in [0.15, 0.2) is 42.5 Å². The lowest BCUT2D eigenvalue weighted by atomic mass is 10.0. The van der Waals surface area contributed by atoms with E-state index in [2.05, 4.69) is 23.5 Å². The Morgan fingerprint density at radius 2 is 1.92 bits per heavy atom. The van der Waals surface area contributed by atoms with Gasteiger partial charge in [-0.2, -0.15) is 0 Å². The summed E-state index contributed by atoms with van der Waals surface area (Å²) < 4.78 is 11.4. The van der Waals surface area contributed by atoms with Gasteiger partial charge in [-0.25, -0.2) is 0 Å². The van der Waals surface area contributed by atoms with Gasteiger partial charge in [0.1, 0.15) is 6.61 Å². The summed E-state index contributed by atoms with van der Waals surface area (Å²) in [6.45, 7) is 2.24. The lowest BCUT2D eigenvalue weighted by molar-refractivity contribution is -0.131. The molecule has 0 saturated carbocycles. The maximum absolute atomic E-state index is 12.5. The normalized spacial score (nSPS) is 19.5. The highest BCUT2D eigenvalue weighted by Crippen LogP contribution is 2.31. The highest BCUT2D eigenvalue weighted by molar-refractivity contribution is 5.82. The number of amides is 1. The number of hydrogen-bond donors (Lipinski definition) is 1. The highest BCUT2D eigenvalue weighted by Gasteiger charge is 2.28. The van der Waals surface area contributed by atoms with Crippen molar-refractivity contribution in [2.75, 3.05) is 6.61 Å². The van der Waals surface area contributed by atoms with Gasteiger partial charge >= 0.3 is 0 Å². The summed E-state index contributed by atoms with van der Waals surface area (Å²) in [5.74, 6) is 1.17. The van der Waals surface area contributed by atoms with Crippen LogP contribution in [0.4, 0.5) is 0 Å². The molecule has 24 heavy (non-hydrogen) atoms. The van der Waals surface area contributed by atoms with E-state index in [1.165, 1.54) is 24.0 Å². The first-order valence-electron chi connectivity index (χ1n) is 8.51. The van der Waals surface area contributed by atoms with Crippen molar-refractivity contribution in [3.8, 4) is 11.5 Å². The molecular weight excluding hydrogens is 302 g/mol. The lowest BCUT2D eigenvalue weighted by Gasteiger charge is -2.27. The molecular formula is C20H21NO3. The Balaban J connectivity index is 1.43. The van der Waals surface area contributed by atoms with E-state index in [9.17, 15) is 4.79 Å². The van der Waals surface area contributed by atoms with E-state index in [0.717, 1.165) is 12.0 Å². The number of carbonyl (C=O) groups excluding carboxylic acids is 1. The van der Waals surface area contributed by atoms with Gasteiger partial charge in [-0.15, -0.1) is 0 Å². The average molecular weight is 323 g/mol. The van der Waals surface area contributed by atoms with Crippen LogP contribution in [0.5, 0.6) is 11.5 Å². The maximum Gasteiger partial charge on any atom is 0.265 e. The molecule has 0 fully saturated rings. The summed E-state index contributed by atoms with van der Waals surface area (Å²) in [6, 6.07) is 13.9. The van der Waals surface area contributed by atoms with E-state index >= 15 is 0 Å². The van der Waals surface area contributed by atoms with Crippen LogP contribution < -0.4 is 14.8 Å². The standard InChI is InChI=1S/C20H21NO3/c1-13(15-10-9-14-5-4-6-16(14)11-15)21-20(22)19-12-23-17-7-2-3-8-18(17)24-19/h2-3,7-11,13,19H,4-6,12H2,1H3,(H,21,22)/t13-,19+/m1/s1. The summed E-state index contributed by atoms with van der Waals surface area (Å²) in [5, 5.41) is 3.04. The lowest BCUT2D eigenvalue weighted by Crippen LogP contribution is -2.44. The zero-order chi connectivity index (χ0) is 16.5. The largest absolute Gasteiger partial charge is 0.485 e. The second-order valence-corrected chi connectivity index (χ2v) is 6.48. The predicted molar refractivity (Wildman–Crippen MR) is 91.4 cm³/mol. The number of fused-ring (bicyclic) bond motifs is 2. The summed E-state index contributed by atoms with van der Waals surface area (Å²) in [6.07, 6.45) is 2.92. The SMILES string of the molecule is C[C@@H](NC(=O)[C@@H]1COc2ccccc2O1)c1ccc2c(c1)CCC2. The highest BCUT2D eigenvalue weighted by atomic mass is 16.6. The summed E-state index contributed by atoms with van der Waals surface area (Å²) in [7, 11) is 0. The Morgan fingerprint density at radius 3 is 2.79 bits per heavy atom. The van der Waals surface area contributed by atoms with Gasteiger partial charge in [0.25, 0.3) is 5.91 Å². The van der Waals surface area contributed by atoms with Crippen molar-refractivity contribution in [1.82, 2.24) is 5.32 Å². The van der Waals surface area contributed by atoms with Crippen molar-refractivity contribution in [2.45, 2.75) is 38.3 Å². The fourth-order valence-electron chi connectivity index (χ4n) is 3.40. The van der Waals surface area contributed by atoms with Gasteiger partial charge in [-0.3, -0.25) is 4.79 Å². The molecule has 2 aliphatic rings. The summed E-state index contributed by atoms with van der Waals surface area (Å²) in [5.41, 5.74) is 4.00. The van der Waals surface area contributed by atoms with Crippen molar-refractivity contribution >= 4 is 5.91 Å². The van der Waals surface area contributed by atoms with Crippen molar-refractivity contribution in [1.29, 1.82) is 0 Å². The van der Waals surface area contributed by atoms with Crippen LogP contribution in [0.3, 0.4) is 0 Å². The third-order valence-corrected chi connectivity index (χ3v) is 4.78. The molecule has 0 unspecified atom stereocenters. The first-order valence-corrected chi connectivity index (χ1v) is 8.51. The van der Waals surface area contributed by atoms with Crippen molar-refractivity contribution in [2.24, 2.45) is 0 Å². The summed E-state index contributed by atoms with van der Waals surface area (Å²) >= 11 is 0. The fraction of sp³-hybridized carbons (Fsp3) is 0.350. The third kappa shape index (κ3) is 2.84. The minimum atomic E-state index is -0.614. The molecule has 4 nitrogen and oxygen atoms in total. The number of para-hydroxylation sites is 2. The Labute approximate surface area is 141 Å². The molecule has 0 spiro atoms.